The maximum absolute atomic E-state index is 10.6. The summed E-state index contributed by atoms with van der Waals surface area (Å²) in [5.74, 6) is -3.33. The minimum absolute atomic E-state index is 0.482. The van der Waals surface area contributed by atoms with Crippen LogP contribution in [0, 0.1) is 0 Å². The molecule has 16 heavy (non-hydrogen) atoms. The van der Waals surface area contributed by atoms with Gasteiger partial charge in [0.15, 0.2) is 0 Å². The molecule has 0 saturated carbocycles. The van der Waals surface area contributed by atoms with Gasteiger partial charge in [-0.2, -0.15) is 0 Å². The summed E-state index contributed by atoms with van der Waals surface area (Å²) in [6.07, 6.45) is 0. The van der Waals surface area contributed by atoms with Gasteiger partial charge in [-0.25, -0.2) is 0 Å². The second-order valence-electron chi connectivity index (χ2n) is 2.45. The van der Waals surface area contributed by atoms with Gasteiger partial charge in [0.2, 0.25) is 0 Å². The van der Waals surface area contributed by atoms with Crippen LogP contribution in [-0.2, 0) is 19.2 Å². The highest BCUT2D eigenvalue weighted by molar-refractivity contribution is 6.35. The zero-order chi connectivity index (χ0) is 13.1. The second-order valence-corrected chi connectivity index (χ2v) is 2.45. The van der Waals surface area contributed by atoms with E-state index < -0.39 is 23.6 Å². The number of carbonyl (C=O) groups is 4. The molecule has 8 nitrogen and oxygen atoms in total. The Morgan fingerprint density at radius 3 is 1.19 bits per heavy atom. The molecular formula is C8H16N4O4. The molecule has 0 aromatic carbocycles. The monoisotopic (exact) mass is 232 g/mol. The van der Waals surface area contributed by atoms with Crippen LogP contribution in [0.5, 0.6) is 0 Å². The first kappa shape index (κ1) is 16.3. The summed E-state index contributed by atoms with van der Waals surface area (Å²) < 4.78 is 0. The van der Waals surface area contributed by atoms with E-state index in [-0.39, 0.29) is 0 Å². The van der Waals surface area contributed by atoms with Crippen molar-refractivity contribution in [1.29, 1.82) is 0 Å². The average Bonchev–Trinajstić information content (AvgIpc) is 2.19. The molecule has 92 valence electrons. The molecule has 0 saturated heterocycles. The highest BCUT2D eigenvalue weighted by Crippen LogP contribution is 1.66. The second kappa shape index (κ2) is 9.44. The van der Waals surface area contributed by atoms with Gasteiger partial charge >= 0.3 is 23.6 Å². The van der Waals surface area contributed by atoms with E-state index in [0.717, 1.165) is 0 Å². The molecule has 0 aromatic rings. The summed E-state index contributed by atoms with van der Waals surface area (Å²) in [7, 11) is 0. The van der Waals surface area contributed by atoms with Gasteiger partial charge in [0, 0.05) is 13.1 Å². The van der Waals surface area contributed by atoms with E-state index in [1.807, 2.05) is 0 Å². The molecule has 6 N–H and O–H groups in total. The number of primary amides is 2. The average molecular weight is 232 g/mol. The summed E-state index contributed by atoms with van der Waals surface area (Å²) in [6.45, 7) is 4.49. The van der Waals surface area contributed by atoms with Gasteiger partial charge in [0.05, 0.1) is 0 Å². The predicted octanol–water partition coefficient (Wildman–Crippen LogP) is -2.78. The smallest absolute Gasteiger partial charge is 0.309 e. The molecule has 4 amide bonds. The summed E-state index contributed by atoms with van der Waals surface area (Å²) >= 11 is 0. The summed E-state index contributed by atoms with van der Waals surface area (Å²) in [5, 5.41) is 4.76. The van der Waals surface area contributed by atoms with Gasteiger partial charge in [0.1, 0.15) is 0 Å². The molecule has 0 aromatic heterocycles. The summed E-state index contributed by atoms with van der Waals surface area (Å²) in [6, 6.07) is 0. The Hall–Kier alpha value is -2.12. The largest absolute Gasteiger partial charge is 0.361 e. The van der Waals surface area contributed by atoms with Crippen molar-refractivity contribution in [2.75, 3.05) is 13.1 Å². The number of nitrogens with two attached hydrogens (primary N) is 2. The van der Waals surface area contributed by atoms with E-state index in [0.29, 0.717) is 13.1 Å². The molecule has 0 atom stereocenters. The quantitative estimate of drug-likeness (QED) is 0.381. The van der Waals surface area contributed by atoms with Gasteiger partial charge in [-0.1, -0.05) is 0 Å². The Balaban J connectivity index is 0. The molecule has 0 aliphatic rings. The van der Waals surface area contributed by atoms with Crippen molar-refractivity contribution in [3.8, 4) is 0 Å². The van der Waals surface area contributed by atoms with E-state index in [2.05, 4.69) is 22.1 Å². The molecule has 0 rings (SSSR count). The lowest BCUT2D eigenvalue weighted by Crippen LogP contribution is -2.39. The van der Waals surface area contributed by atoms with E-state index in [4.69, 9.17) is 0 Å². The Morgan fingerprint density at radius 1 is 0.812 bits per heavy atom. The molecule has 0 unspecified atom stereocenters. The zero-order valence-electron chi connectivity index (χ0n) is 9.20. The molecule has 0 spiro atoms. The molecule has 0 aliphatic heterocycles. The number of hydrogen-bond acceptors (Lipinski definition) is 4. The Morgan fingerprint density at radius 2 is 1.06 bits per heavy atom. The third-order valence-electron chi connectivity index (χ3n) is 1.12. The lowest BCUT2D eigenvalue weighted by molar-refractivity contribution is -0.139. The van der Waals surface area contributed by atoms with E-state index in [1.54, 1.807) is 13.8 Å². The van der Waals surface area contributed by atoms with Crippen molar-refractivity contribution in [2.45, 2.75) is 13.8 Å². The first-order valence-electron chi connectivity index (χ1n) is 4.52. The number of rotatable bonds is 2. The van der Waals surface area contributed by atoms with Crippen molar-refractivity contribution in [3.63, 3.8) is 0 Å². The topological polar surface area (TPSA) is 144 Å². The predicted molar refractivity (Wildman–Crippen MR) is 55.8 cm³/mol. The molecule has 8 heteroatoms. The molecule has 0 aliphatic carbocycles. The summed E-state index contributed by atoms with van der Waals surface area (Å²) in [5.41, 5.74) is 8.64. The lowest BCUT2D eigenvalue weighted by Gasteiger charge is -2.00. The van der Waals surface area contributed by atoms with Crippen LogP contribution < -0.4 is 22.1 Å². The lowest BCUT2D eigenvalue weighted by atomic mass is 10.5. The van der Waals surface area contributed by atoms with E-state index in [9.17, 15) is 19.2 Å². The van der Waals surface area contributed by atoms with Gasteiger partial charge in [0.25, 0.3) is 0 Å². The fourth-order valence-electron chi connectivity index (χ4n) is 0.482. The minimum atomic E-state index is -1.10. The highest BCUT2D eigenvalue weighted by atomic mass is 16.2. The first-order chi connectivity index (χ1) is 7.36. The Bertz CT molecular complexity index is 249. The van der Waals surface area contributed by atoms with Crippen LogP contribution in [-0.4, -0.2) is 36.7 Å². The van der Waals surface area contributed by atoms with E-state index in [1.165, 1.54) is 0 Å². The van der Waals surface area contributed by atoms with Crippen molar-refractivity contribution >= 4 is 23.6 Å². The maximum atomic E-state index is 10.6. The molecule has 0 fully saturated rings. The van der Waals surface area contributed by atoms with Gasteiger partial charge in [-0.3, -0.25) is 19.2 Å². The Kier molecular flexibility index (Phi) is 9.62. The number of amides is 4. The van der Waals surface area contributed by atoms with Crippen LogP contribution in [0.25, 0.3) is 0 Å². The van der Waals surface area contributed by atoms with Crippen molar-refractivity contribution < 1.29 is 19.2 Å². The van der Waals surface area contributed by atoms with Crippen LogP contribution >= 0.6 is 0 Å². The number of nitrogens with one attached hydrogen (secondary N) is 2. The van der Waals surface area contributed by atoms with Crippen LogP contribution in [0.4, 0.5) is 0 Å². The number of likely N-dealkylation sites (N-methyl/N-ethyl adjacent to an activating group) is 2. The van der Waals surface area contributed by atoms with Crippen LogP contribution in [0.15, 0.2) is 0 Å². The molecule has 0 radical (unpaired) electrons. The number of carbonyl (C=O) groups excluding carboxylic acids is 4. The molecule has 0 bridgehead atoms. The van der Waals surface area contributed by atoms with Gasteiger partial charge in [-0.05, 0) is 13.8 Å². The fraction of sp³-hybridized carbons (Fsp3) is 0.500. The van der Waals surface area contributed by atoms with Crippen LogP contribution in [0.3, 0.4) is 0 Å². The SMILES string of the molecule is CCNC(=O)C(=O)NCC.NC(=O)C(N)=O. The van der Waals surface area contributed by atoms with Crippen LogP contribution in [0.2, 0.25) is 0 Å². The van der Waals surface area contributed by atoms with Crippen molar-refractivity contribution in [1.82, 2.24) is 10.6 Å². The van der Waals surface area contributed by atoms with Crippen molar-refractivity contribution in [3.05, 3.63) is 0 Å². The third-order valence-corrected chi connectivity index (χ3v) is 1.12. The fourth-order valence-corrected chi connectivity index (χ4v) is 0.482. The maximum Gasteiger partial charge on any atom is 0.309 e. The molecular weight excluding hydrogens is 216 g/mol. The first-order valence-corrected chi connectivity index (χ1v) is 4.52. The zero-order valence-corrected chi connectivity index (χ0v) is 9.20. The Labute approximate surface area is 92.7 Å². The van der Waals surface area contributed by atoms with Crippen molar-refractivity contribution in [2.24, 2.45) is 11.5 Å². The number of hydrogen-bond donors (Lipinski definition) is 4. The standard InChI is InChI=1S/C6H12N2O2.C2H4N2O2/c1-3-7-5(9)6(10)8-4-2;3-1(5)2(4)6/h3-4H2,1-2H3,(H,7,9)(H,8,10);(H2,3,5)(H2,4,6). The normalized spacial score (nSPS) is 8.12. The van der Waals surface area contributed by atoms with E-state index >= 15 is 0 Å². The van der Waals surface area contributed by atoms with Gasteiger partial charge in [-0.15, -0.1) is 0 Å². The van der Waals surface area contributed by atoms with Gasteiger partial charge < -0.3 is 22.1 Å². The minimum Gasteiger partial charge on any atom is -0.361 e. The third kappa shape index (κ3) is 9.96. The highest BCUT2D eigenvalue weighted by Gasteiger charge is 2.08. The van der Waals surface area contributed by atoms with Crippen LogP contribution in [0.1, 0.15) is 13.8 Å². The summed E-state index contributed by atoms with van der Waals surface area (Å²) in [4.78, 5) is 40.1. The molecule has 0 heterocycles.